The van der Waals surface area contributed by atoms with Crippen LogP contribution in [-0.4, -0.2) is 17.6 Å². The van der Waals surface area contributed by atoms with Crippen molar-refractivity contribution >= 4 is 0 Å². The van der Waals surface area contributed by atoms with Gasteiger partial charge < -0.3 is 10.1 Å². The van der Waals surface area contributed by atoms with Crippen molar-refractivity contribution in [1.29, 1.82) is 0 Å². The van der Waals surface area contributed by atoms with Gasteiger partial charge in [0.15, 0.2) is 0 Å². The van der Waals surface area contributed by atoms with Crippen LogP contribution in [0.4, 0.5) is 0 Å². The van der Waals surface area contributed by atoms with E-state index in [1.165, 1.54) is 38.5 Å². The van der Waals surface area contributed by atoms with Crippen LogP contribution >= 0.6 is 0 Å². The van der Waals surface area contributed by atoms with Crippen LogP contribution < -0.4 is 5.32 Å². The van der Waals surface area contributed by atoms with Gasteiger partial charge in [-0.25, -0.2) is 0 Å². The van der Waals surface area contributed by atoms with E-state index in [4.69, 9.17) is 4.74 Å². The lowest BCUT2D eigenvalue weighted by Crippen LogP contribution is -2.16. The average molecular weight is 276 g/mol. The van der Waals surface area contributed by atoms with Crippen molar-refractivity contribution < 1.29 is 4.74 Å². The van der Waals surface area contributed by atoms with Gasteiger partial charge in [-0.2, -0.15) is 0 Å². The zero-order chi connectivity index (χ0) is 14.0. The number of pyridine rings is 1. The monoisotopic (exact) mass is 276 g/mol. The largest absolute Gasteiger partial charge is 0.372 e. The molecule has 3 nitrogen and oxygen atoms in total. The van der Waals surface area contributed by atoms with Crippen LogP contribution in [-0.2, 0) is 17.9 Å². The quantitative estimate of drug-likeness (QED) is 0.607. The first-order chi connectivity index (χ1) is 9.88. The van der Waals surface area contributed by atoms with E-state index in [2.05, 4.69) is 35.4 Å². The summed E-state index contributed by atoms with van der Waals surface area (Å²) in [6.07, 6.45) is 9.42. The molecule has 1 aliphatic rings. The molecule has 1 heterocycles. The number of rotatable bonds is 7. The number of aromatic nitrogens is 1. The van der Waals surface area contributed by atoms with Gasteiger partial charge in [0, 0.05) is 6.54 Å². The highest BCUT2D eigenvalue weighted by atomic mass is 16.5. The summed E-state index contributed by atoms with van der Waals surface area (Å²) in [6, 6.07) is 6.24. The normalized spacial score (nSPS) is 17.1. The Hall–Kier alpha value is -0.930. The Balaban J connectivity index is 1.78. The lowest BCUT2D eigenvalue weighted by atomic mass is 10.1. The summed E-state index contributed by atoms with van der Waals surface area (Å²) in [7, 11) is 0. The Morgan fingerprint density at radius 3 is 2.65 bits per heavy atom. The molecule has 112 valence electrons. The second-order valence-corrected chi connectivity index (χ2v) is 5.72. The number of hydrogen-bond acceptors (Lipinski definition) is 3. The van der Waals surface area contributed by atoms with E-state index in [0.717, 1.165) is 30.9 Å². The smallest absolute Gasteiger partial charge is 0.0891 e. The van der Waals surface area contributed by atoms with E-state index in [1.54, 1.807) is 0 Å². The molecule has 0 aliphatic heterocycles. The van der Waals surface area contributed by atoms with Crippen molar-refractivity contribution in [1.82, 2.24) is 10.3 Å². The second-order valence-electron chi connectivity index (χ2n) is 5.72. The summed E-state index contributed by atoms with van der Waals surface area (Å²) in [5.74, 6) is 0. The van der Waals surface area contributed by atoms with Crippen LogP contribution in [0.25, 0.3) is 0 Å². The number of nitrogens with zero attached hydrogens (tertiary/aromatic N) is 1. The minimum absolute atomic E-state index is 0.446. The Bertz CT molecular complexity index is 373. The van der Waals surface area contributed by atoms with Gasteiger partial charge >= 0.3 is 0 Å². The summed E-state index contributed by atoms with van der Waals surface area (Å²) < 4.78 is 6.05. The summed E-state index contributed by atoms with van der Waals surface area (Å²) in [5.41, 5.74) is 2.17. The van der Waals surface area contributed by atoms with E-state index >= 15 is 0 Å². The summed E-state index contributed by atoms with van der Waals surface area (Å²) in [5, 5.41) is 3.39. The van der Waals surface area contributed by atoms with E-state index < -0.39 is 0 Å². The molecule has 3 heteroatoms. The molecule has 1 N–H and O–H groups in total. The van der Waals surface area contributed by atoms with Gasteiger partial charge in [0.05, 0.1) is 24.1 Å². The van der Waals surface area contributed by atoms with E-state index in [0.29, 0.717) is 12.7 Å². The van der Waals surface area contributed by atoms with E-state index in [9.17, 15) is 0 Å². The summed E-state index contributed by atoms with van der Waals surface area (Å²) in [6.45, 7) is 4.74. The van der Waals surface area contributed by atoms with Gasteiger partial charge in [-0.3, -0.25) is 4.98 Å². The van der Waals surface area contributed by atoms with Crippen LogP contribution in [0.5, 0.6) is 0 Å². The average Bonchev–Trinajstić information content (AvgIpc) is 2.75. The second kappa shape index (κ2) is 9.09. The number of ether oxygens (including phenoxy) is 1. The molecular formula is C17H28N2O. The first-order valence-corrected chi connectivity index (χ1v) is 8.15. The molecule has 1 aliphatic carbocycles. The summed E-state index contributed by atoms with van der Waals surface area (Å²) in [4.78, 5) is 4.66. The fraction of sp³-hybridized carbons (Fsp3) is 0.706. The van der Waals surface area contributed by atoms with Crippen molar-refractivity contribution in [2.45, 2.75) is 71.1 Å². The van der Waals surface area contributed by atoms with Gasteiger partial charge in [-0.15, -0.1) is 0 Å². The van der Waals surface area contributed by atoms with Crippen molar-refractivity contribution in [3.8, 4) is 0 Å². The van der Waals surface area contributed by atoms with E-state index in [-0.39, 0.29) is 0 Å². The molecule has 1 aromatic heterocycles. The first-order valence-electron chi connectivity index (χ1n) is 8.15. The van der Waals surface area contributed by atoms with Crippen LogP contribution in [0.2, 0.25) is 0 Å². The van der Waals surface area contributed by atoms with Crippen molar-refractivity contribution in [2.24, 2.45) is 0 Å². The molecule has 20 heavy (non-hydrogen) atoms. The molecular weight excluding hydrogens is 248 g/mol. The van der Waals surface area contributed by atoms with Crippen LogP contribution in [0.15, 0.2) is 18.2 Å². The standard InChI is InChI=1S/C17H28N2O/c1-2-12-18-13-15-8-7-9-16(19-15)14-20-17-10-5-3-4-6-11-17/h7-9,17-18H,2-6,10-14H2,1H3. The highest BCUT2D eigenvalue weighted by Crippen LogP contribution is 2.20. The molecule has 0 saturated heterocycles. The molecule has 0 radical (unpaired) electrons. The number of hydrogen-bond donors (Lipinski definition) is 1. The highest BCUT2D eigenvalue weighted by Gasteiger charge is 2.12. The minimum Gasteiger partial charge on any atom is -0.372 e. The van der Waals surface area contributed by atoms with Crippen molar-refractivity contribution in [3.63, 3.8) is 0 Å². The van der Waals surface area contributed by atoms with Crippen LogP contribution in [0, 0.1) is 0 Å². The predicted molar refractivity (Wildman–Crippen MR) is 82.5 cm³/mol. The van der Waals surface area contributed by atoms with Crippen molar-refractivity contribution in [2.75, 3.05) is 6.54 Å². The van der Waals surface area contributed by atoms with E-state index in [1.807, 2.05) is 0 Å². The lowest BCUT2D eigenvalue weighted by molar-refractivity contribution is 0.0291. The Kier molecular flexibility index (Phi) is 7.02. The molecule has 0 spiro atoms. The van der Waals surface area contributed by atoms with Crippen molar-refractivity contribution in [3.05, 3.63) is 29.6 Å². The maximum Gasteiger partial charge on any atom is 0.0891 e. The zero-order valence-corrected chi connectivity index (χ0v) is 12.7. The molecule has 0 atom stereocenters. The molecule has 1 saturated carbocycles. The fourth-order valence-electron chi connectivity index (χ4n) is 2.71. The lowest BCUT2D eigenvalue weighted by Gasteiger charge is -2.15. The fourth-order valence-corrected chi connectivity index (χ4v) is 2.71. The maximum atomic E-state index is 6.05. The minimum atomic E-state index is 0.446. The van der Waals surface area contributed by atoms with Crippen LogP contribution in [0.3, 0.4) is 0 Å². The van der Waals surface area contributed by atoms with Crippen LogP contribution in [0.1, 0.15) is 63.3 Å². The Morgan fingerprint density at radius 1 is 1.15 bits per heavy atom. The molecule has 1 fully saturated rings. The zero-order valence-electron chi connectivity index (χ0n) is 12.7. The molecule has 1 aromatic rings. The van der Waals surface area contributed by atoms with Gasteiger partial charge in [0.1, 0.15) is 0 Å². The Morgan fingerprint density at radius 2 is 1.90 bits per heavy atom. The molecule has 0 aromatic carbocycles. The predicted octanol–water partition coefficient (Wildman–Crippen LogP) is 3.82. The maximum absolute atomic E-state index is 6.05. The molecule has 0 amide bonds. The first kappa shape index (κ1) is 15.5. The van der Waals surface area contributed by atoms with Gasteiger partial charge in [0.2, 0.25) is 0 Å². The third-order valence-electron chi connectivity index (χ3n) is 3.87. The molecule has 0 bridgehead atoms. The summed E-state index contributed by atoms with van der Waals surface area (Å²) >= 11 is 0. The highest BCUT2D eigenvalue weighted by molar-refractivity contribution is 5.10. The number of nitrogens with one attached hydrogen (secondary N) is 1. The molecule has 2 rings (SSSR count). The topological polar surface area (TPSA) is 34.1 Å². The molecule has 0 unspecified atom stereocenters. The van der Waals surface area contributed by atoms with Gasteiger partial charge in [-0.05, 0) is 37.9 Å². The third-order valence-corrected chi connectivity index (χ3v) is 3.87. The third kappa shape index (κ3) is 5.59. The van der Waals surface area contributed by atoms with Gasteiger partial charge in [-0.1, -0.05) is 38.7 Å². The van der Waals surface area contributed by atoms with Gasteiger partial charge in [0.25, 0.3) is 0 Å². The Labute approximate surface area is 123 Å². The SMILES string of the molecule is CCCNCc1cccc(COC2CCCCCC2)n1.